The van der Waals surface area contributed by atoms with Gasteiger partial charge in [-0.15, -0.1) is 11.8 Å². The minimum atomic E-state index is 0.0331. The first kappa shape index (κ1) is 14.4. The van der Waals surface area contributed by atoms with Crippen LogP contribution in [0.15, 0.2) is 29.2 Å². The van der Waals surface area contributed by atoms with Crippen molar-refractivity contribution in [3.05, 3.63) is 29.8 Å². The van der Waals surface area contributed by atoms with Gasteiger partial charge in [0.05, 0.1) is 0 Å². The van der Waals surface area contributed by atoms with Crippen LogP contribution < -0.4 is 10.6 Å². The van der Waals surface area contributed by atoms with E-state index in [4.69, 9.17) is 0 Å². The van der Waals surface area contributed by atoms with Crippen LogP contribution in [0.3, 0.4) is 0 Å². The second-order valence-electron chi connectivity index (χ2n) is 5.10. The van der Waals surface area contributed by atoms with Gasteiger partial charge >= 0.3 is 0 Å². The fourth-order valence-electron chi connectivity index (χ4n) is 2.46. The molecule has 1 aromatic carbocycles. The molecule has 104 valence electrons. The van der Waals surface area contributed by atoms with Crippen molar-refractivity contribution in [2.45, 2.75) is 30.7 Å². The van der Waals surface area contributed by atoms with Crippen molar-refractivity contribution >= 4 is 17.7 Å². The molecule has 1 aliphatic heterocycles. The van der Waals surface area contributed by atoms with Gasteiger partial charge in [0, 0.05) is 16.5 Å². The Labute approximate surface area is 119 Å². The quantitative estimate of drug-likeness (QED) is 0.832. The summed E-state index contributed by atoms with van der Waals surface area (Å²) in [5.41, 5.74) is 0.744. The van der Waals surface area contributed by atoms with Crippen LogP contribution in [0.4, 0.5) is 0 Å². The van der Waals surface area contributed by atoms with Gasteiger partial charge in [-0.3, -0.25) is 4.79 Å². The van der Waals surface area contributed by atoms with Gasteiger partial charge in [-0.25, -0.2) is 0 Å². The molecule has 1 fully saturated rings. The Hall–Kier alpha value is -1.00. The maximum Gasteiger partial charge on any atom is 0.251 e. The summed E-state index contributed by atoms with van der Waals surface area (Å²) in [5.74, 6) is 0.578. The fraction of sp³-hybridized carbons (Fsp3) is 0.533. The number of piperidine rings is 1. The first-order valence-corrected chi connectivity index (χ1v) is 8.09. The van der Waals surface area contributed by atoms with Crippen molar-refractivity contribution in [3.63, 3.8) is 0 Å². The molecule has 0 spiro atoms. The standard InChI is InChI=1S/C15H22N2OS/c1-11(13-4-3-9-16-10-13)17-15(18)12-5-7-14(19-2)8-6-12/h5-8,11,13,16H,3-4,9-10H2,1-2H3,(H,17,18). The van der Waals surface area contributed by atoms with Crippen LogP contribution in [0.25, 0.3) is 0 Å². The van der Waals surface area contributed by atoms with Gasteiger partial charge in [0.1, 0.15) is 0 Å². The van der Waals surface area contributed by atoms with Crippen molar-refractivity contribution in [2.24, 2.45) is 5.92 Å². The van der Waals surface area contributed by atoms with Crippen LogP contribution >= 0.6 is 11.8 Å². The van der Waals surface area contributed by atoms with Gasteiger partial charge in [-0.1, -0.05) is 0 Å². The zero-order valence-corrected chi connectivity index (χ0v) is 12.4. The van der Waals surface area contributed by atoms with Crippen LogP contribution in [-0.2, 0) is 0 Å². The van der Waals surface area contributed by atoms with E-state index in [1.807, 2.05) is 30.5 Å². The van der Waals surface area contributed by atoms with Crippen molar-refractivity contribution in [3.8, 4) is 0 Å². The Balaban J connectivity index is 1.91. The summed E-state index contributed by atoms with van der Waals surface area (Å²) in [5, 5.41) is 6.51. The molecule has 0 aromatic heterocycles. The molecule has 0 bridgehead atoms. The van der Waals surface area contributed by atoms with E-state index in [1.54, 1.807) is 11.8 Å². The summed E-state index contributed by atoms with van der Waals surface area (Å²) in [6, 6.07) is 8.00. The van der Waals surface area contributed by atoms with Gasteiger partial charge < -0.3 is 10.6 Å². The van der Waals surface area contributed by atoms with Crippen molar-refractivity contribution < 1.29 is 4.79 Å². The van der Waals surface area contributed by atoms with Gasteiger partial charge in [0.15, 0.2) is 0 Å². The van der Waals surface area contributed by atoms with Crippen LogP contribution in [0.5, 0.6) is 0 Å². The van der Waals surface area contributed by atoms with E-state index >= 15 is 0 Å². The highest BCUT2D eigenvalue weighted by atomic mass is 32.2. The van der Waals surface area contributed by atoms with Crippen molar-refractivity contribution in [1.29, 1.82) is 0 Å². The van der Waals surface area contributed by atoms with Crippen molar-refractivity contribution in [1.82, 2.24) is 10.6 Å². The number of carbonyl (C=O) groups excluding carboxylic acids is 1. The molecule has 1 heterocycles. The van der Waals surface area contributed by atoms with E-state index in [2.05, 4.69) is 17.6 Å². The van der Waals surface area contributed by atoms with E-state index in [0.29, 0.717) is 5.92 Å². The molecular weight excluding hydrogens is 256 g/mol. The van der Waals surface area contributed by atoms with Crippen LogP contribution in [0, 0.1) is 5.92 Å². The van der Waals surface area contributed by atoms with Gasteiger partial charge in [0.25, 0.3) is 5.91 Å². The van der Waals surface area contributed by atoms with Crippen LogP contribution in [0.2, 0.25) is 0 Å². The molecule has 0 radical (unpaired) electrons. The Morgan fingerprint density at radius 3 is 2.74 bits per heavy atom. The normalized spacial score (nSPS) is 20.8. The Kier molecular flexibility index (Phi) is 5.28. The SMILES string of the molecule is CSc1ccc(C(=O)NC(C)C2CCCNC2)cc1. The summed E-state index contributed by atoms with van der Waals surface area (Å²) in [7, 11) is 0. The zero-order valence-electron chi connectivity index (χ0n) is 11.6. The summed E-state index contributed by atoms with van der Waals surface area (Å²) < 4.78 is 0. The highest BCUT2D eigenvalue weighted by Gasteiger charge is 2.21. The Morgan fingerprint density at radius 1 is 1.42 bits per heavy atom. The third-order valence-electron chi connectivity index (χ3n) is 3.75. The number of nitrogens with one attached hydrogen (secondary N) is 2. The lowest BCUT2D eigenvalue weighted by Gasteiger charge is -2.28. The minimum absolute atomic E-state index is 0.0331. The van der Waals surface area contributed by atoms with E-state index in [9.17, 15) is 4.79 Å². The number of hydrogen-bond acceptors (Lipinski definition) is 3. The first-order valence-electron chi connectivity index (χ1n) is 6.86. The van der Waals surface area contributed by atoms with Gasteiger partial charge in [-0.2, -0.15) is 0 Å². The summed E-state index contributed by atoms with van der Waals surface area (Å²) >= 11 is 1.69. The molecule has 19 heavy (non-hydrogen) atoms. The molecular formula is C15H22N2OS. The third-order valence-corrected chi connectivity index (χ3v) is 4.50. The predicted octanol–water partition coefficient (Wildman–Crippen LogP) is 2.53. The molecule has 2 unspecified atom stereocenters. The second kappa shape index (κ2) is 6.96. The summed E-state index contributed by atoms with van der Waals surface area (Å²) in [6.07, 6.45) is 4.43. The largest absolute Gasteiger partial charge is 0.349 e. The maximum absolute atomic E-state index is 12.2. The van der Waals surface area contributed by atoms with Crippen LogP contribution in [0.1, 0.15) is 30.1 Å². The second-order valence-corrected chi connectivity index (χ2v) is 5.98. The Morgan fingerprint density at radius 2 is 2.16 bits per heavy atom. The lowest BCUT2D eigenvalue weighted by atomic mass is 9.92. The van der Waals surface area contributed by atoms with Crippen molar-refractivity contribution in [2.75, 3.05) is 19.3 Å². The molecule has 1 aliphatic rings. The third kappa shape index (κ3) is 3.98. The molecule has 0 saturated carbocycles. The molecule has 1 amide bonds. The van der Waals surface area contributed by atoms with Gasteiger partial charge in [0.2, 0.25) is 0 Å². The minimum Gasteiger partial charge on any atom is -0.349 e. The topological polar surface area (TPSA) is 41.1 Å². The number of carbonyl (C=O) groups is 1. The average Bonchev–Trinajstić information content (AvgIpc) is 2.48. The smallest absolute Gasteiger partial charge is 0.251 e. The molecule has 2 atom stereocenters. The van der Waals surface area contributed by atoms with E-state index in [1.165, 1.54) is 17.7 Å². The van der Waals surface area contributed by atoms with E-state index in [-0.39, 0.29) is 11.9 Å². The maximum atomic E-state index is 12.2. The van der Waals surface area contributed by atoms with Gasteiger partial charge in [-0.05, 0) is 69.3 Å². The molecule has 1 saturated heterocycles. The fourth-order valence-corrected chi connectivity index (χ4v) is 2.86. The Bertz CT molecular complexity index is 413. The van der Waals surface area contributed by atoms with E-state index in [0.717, 1.165) is 18.7 Å². The number of benzene rings is 1. The highest BCUT2D eigenvalue weighted by molar-refractivity contribution is 7.98. The zero-order chi connectivity index (χ0) is 13.7. The number of rotatable bonds is 4. The molecule has 2 N–H and O–H groups in total. The summed E-state index contributed by atoms with van der Waals surface area (Å²) in [6.45, 7) is 4.21. The number of thioether (sulfide) groups is 1. The predicted molar refractivity (Wildman–Crippen MR) is 80.7 cm³/mol. The monoisotopic (exact) mass is 278 g/mol. The molecule has 1 aromatic rings. The number of hydrogen-bond donors (Lipinski definition) is 2. The molecule has 4 heteroatoms. The molecule has 3 nitrogen and oxygen atoms in total. The van der Waals surface area contributed by atoms with Crippen LogP contribution in [-0.4, -0.2) is 31.3 Å². The lowest BCUT2D eigenvalue weighted by Crippen LogP contribution is -2.44. The van der Waals surface area contributed by atoms with E-state index < -0.39 is 0 Å². The number of amides is 1. The lowest BCUT2D eigenvalue weighted by molar-refractivity contribution is 0.0922. The highest BCUT2D eigenvalue weighted by Crippen LogP contribution is 2.17. The molecule has 0 aliphatic carbocycles. The average molecular weight is 278 g/mol. The molecule has 2 rings (SSSR count). The first-order chi connectivity index (χ1) is 9.20. The summed E-state index contributed by atoms with van der Waals surface area (Å²) in [4.78, 5) is 13.3.